The molecule has 4 heterocycles. The Labute approximate surface area is 372 Å². The summed E-state index contributed by atoms with van der Waals surface area (Å²) in [5.41, 5.74) is 18.8. The number of fused-ring (bicyclic) bond motifs is 8. The first-order chi connectivity index (χ1) is 30.0. The molecule has 314 valence electrons. The van der Waals surface area contributed by atoms with Crippen molar-refractivity contribution in [1.82, 2.24) is 9.55 Å². The van der Waals surface area contributed by atoms with Gasteiger partial charge in [0.05, 0.1) is 33.5 Å². The Morgan fingerprint density at radius 1 is 0.603 bits per heavy atom. The van der Waals surface area contributed by atoms with Gasteiger partial charge in [0.1, 0.15) is 11.7 Å². The number of benzene rings is 6. The van der Waals surface area contributed by atoms with E-state index < -0.39 is 0 Å². The van der Waals surface area contributed by atoms with E-state index in [4.69, 9.17) is 9.98 Å². The van der Waals surface area contributed by atoms with E-state index in [2.05, 4.69) is 218 Å². The number of pyridine rings is 1. The maximum Gasteiger partial charge on any atom is 0.137 e. The van der Waals surface area contributed by atoms with Crippen molar-refractivity contribution in [3.8, 4) is 5.82 Å². The van der Waals surface area contributed by atoms with E-state index in [9.17, 15) is 0 Å². The zero-order valence-corrected chi connectivity index (χ0v) is 38.6. The van der Waals surface area contributed by atoms with Gasteiger partial charge in [-0.3, -0.25) is 9.56 Å². The van der Waals surface area contributed by atoms with Crippen LogP contribution in [0.15, 0.2) is 139 Å². The Morgan fingerprint density at radius 3 is 2.05 bits per heavy atom. The van der Waals surface area contributed by atoms with Crippen molar-refractivity contribution in [2.45, 2.75) is 104 Å². The van der Waals surface area contributed by atoms with E-state index in [1.165, 1.54) is 77.9 Å². The number of rotatable bonds is 4. The lowest BCUT2D eigenvalue weighted by Gasteiger charge is -2.44. The molecule has 2 aromatic heterocycles. The molecule has 0 saturated carbocycles. The van der Waals surface area contributed by atoms with Crippen molar-refractivity contribution in [2.75, 3.05) is 9.80 Å². The van der Waals surface area contributed by atoms with Gasteiger partial charge >= 0.3 is 0 Å². The maximum atomic E-state index is 5.89. The molecule has 63 heavy (non-hydrogen) atoms. The maximum absolute atomic E-state index is 5.89. The molecule has 0 N–H and O–H groups in total. The van der Waals surface area contributed by atoms with Crippen LogP contribution in [0.2, 0.25) is 0 Å². The molecule has 0 bridgehead atoms. The lowest BCUT2D eigenvalue weighted by atomic mass is 9.73. The van der Waals surface area contributed by atoms with Crippen molar-refractivity contribution < 1.29 is 0 Å². The predicted octanol–water partition coefficient (Wildman–Crippen LogP) is 14.3. The highest BCUT2D eigenvalue weighted by Crippen LogP contribution is 2.58. The summed E-state index contributed by atoms with van der Waals surface area (Å²) in [6.07, 6.45) is 2.86. The minimum Gasteiger partial charge on any atom is -0.313 e. The fourth-order valence-electron chi connectivity index (χ4n) is 11.8. The fourth-order valence-corrected chi connectivity index (χ4v) is 11.8. The lowest BCUT2D eigenvalue weighted by molar-refractivity contribution is 0.321. The second kappa shape index (κ2) is 13.3. The van der Waals surface area contributed by atoms with Crippen molar-refractivity contribution >= 4 is 50.4 Å². The normalized spacial score (nSPS) is 19.9. The van der Waals surface area contributed by atoms with Gasteiger partial charge in [-0.25, -0.2) is 4.98 Å². The van der Waals surface area contributed by atoms with Gasteiger partial charge in [0.15, 0.2) is 0 Å². The summed E-state index contributed by atoms with van der Waals surface area (Å²) in [6.45, 7) is 25.4. The number of hydrogen-bond acceptors (Lipinski definition) is 4. The molecule has 1 aliphatic carbocycles. The third-order valence-electron chi connectivity index (χ3n) is 14.9. The van der Waals surface area contributed by atoms with E-state index in [0.29, 0.717) is 0 Å². The van der Waals surface area contributed by atoms with Crippen LogP contribution >= 0.6 is 0 Å². The molecule has 0 fully saturated rings. The molecule has 2 aliphatic heterocycles. The van der Waals surface area contributed by atoms with Crippen LogP contribution in [-0.4, -0.2) is 20.9 Å². The Kier molecular flexibility index (Phi) is 8.30. The standard InChI is InChI=1S/C58H57N5/c1-35-26-37(3)53(38(4)27-35)63-54(60-57(10)34-39-18-12-14-20-45(39)58(57,63)11)40-28-36(2)29-42(30-40)61-49-23-17-15-21-46(49)56(8,9)47-32-44-43-19-13-16-22-48(43)62(50(44)33-51(47)61)52-31-41(24-25-59-52)55(5,6)7/h12-33H,34H2,1-11H3/t57-,58+/m1/s1. The summed E-state index contributed by atoms with van der Waals surface area (Å²) in [6, 6.07) is 48.0. The summed E-state index contributed by atoms with van der Waals surface area (Å²) in [5.74, 6) is 1.96. The first-order valence-electron chi connectivity index (χ1n) is 22.6. The van der Waals surface area contributed by atoms with Crippen LogP contribution in [0, 0.1) is 27.7 Å². The summed E-state index contributed by atoms with van der Waals surface area (Å²) in [7, 11) is 0. The minimum atomic E-state index is -0.390. The van der Waals surface area contributed by atoms with Crippen LogP contribution < -0.4 is 9.80 Å². The zero-order valence-electron chi connectivity index (χ0n) is 38.6. The van der Waals surface area contributed by atoms with E-state index in [0.717, 1.165) is 40.4 Å². The number of aliphatic imine (C=N–C) groups is 1. The molecular weight excluding hydrogens is 767 g/mol. The van der Waals surface area contributed by atoms with Crippen molar-refractivity contribution in [2.24, 2.45) is 4.99 Å². The number of aryl methyl sites for hydroxylation is 4. The second-order valence-corrected chi connectivity index (χ2v) is 20.6. The van der Waals surface area contributed by atoms with E-state index in [-0.39, 0.29) is 21.9 Å². The number of anilines is 4. The molecule has 0 radical (unpaired) electrons. The van der Waals surface area contributed by atoms with Gasteiger partial charge < -0.3 is 9.80 Å². The fraction of sp³-hybridized carbons (Fsp3) is 0.276. The first-order valence-corrected chi connectivity index (χ1v) is 22.6. The summed E-state index contributed by atoms with van der Waals surface area (Å²) in [4.78, 5) is 16.1. The Balaban J connectivity index is 1.16. The highest BCUT2D eigenvalue weighted by atomic mass is 15.4. The molecule has 5 heteroatoms. The third kappa shape index (κ3) is 5.54. The number of hydrogen-bond donors (Lipinski definition) is 0. The quantitative estimate of drug-likeness (QED) is 0.177. The largest absolute Gasteiger partial charge is 0.313 e. The highest BCUT2D eigenvalue weighted by molar-refractivity contribution is 6.15. The number of amidine groups is 1. The van der Waals surface area contributed by atoms with Gasteiger partial charge in [-0.2, -0.15) is 0 Å². The van der Waals surface area contributed by atoms with Crippen LogP contribution in [0.4, 0.5) is 22.7 Å². The summed E-state index contributed by atoms with van der Waals surface area (Å²) < 4.78 is 2.38. The molecule has 6 aromatic carbocycles. The molecule has 3 aliphatic rings. The van der Waals surface area contributed by atoms with Gasteiger partial charge in [0.25, 0.3) is 0 Å². The molecular formula is C58H57N5. The van der Waals surface area contributed by atoms with E-state index >= 15 is 0 Å². The summed E-state index contributed by atoms with van der Waals surface area (Å²) >= 11 is 0. The van der Waals surface area contributed by atoms with Gasteiger partial charge in [-0.05, 0) is 146 Å². The van der Waals surface area contributed by atoms with E-state index in [1.54, 1.807) is 0 Å². The first kappa shape index (κ1) is 39.4. The highest BCUT2D eigenvalue weighted by Gasteiger charge is 2.61. The molecule has 0 saturated heterocycles. The van der Waals surface area contributed by atoms with Gasteiger partial charge in [-0.15, -0.1) is 0 Å². The lowest BCUT2D eigenvalue weighted by Crippen LogP contribution is -2.52. The molecule has 5 nitrogen and oxygen atoms in total. The predicted molar refractivity (Wildman–Crippen MR) is 264 cm³/mol. The van der Waals surface area contributed by atoms with Crippen LogP contribution in [0.3, 0.4) is 0 Å². The molecule has 0 unspecified atom stereocenters. The van der Waals surface area contributed by atoms with Crippen molar-refractivity contribution in [3.63, 3.8) is 0 Å². The van der Waals surface area contributed by atoms with Gasteiger partial charge in [0, 0.05) is 45.7 Å². The Hall–Kier alpha value is -6.46. The third-order valence-corrected chi connectivity index (χ3v) is 14.9. The van der Waals surface area contributed by atoms with Gasteiger partial charge in [-0.1, -0.05) is 113 Å². The molecule has 2 atom stereocenters. The number of para-hydroxylation sites is 2. The van der Waals surface area contributed by atoms with Crippen LogP contribution in [0.5, 0.6) is 0 Å². The monoisotopic (exact) mass is 823 g/mol. The zero-order chi connectivity index (χ0) is 44.0. The topological polar surface area (TPSA) is 36.7 Å². The van der Waals surface area contributed by atoms with Crippen LogP contribution in [-0.2, 0) is 22.8 Å². The van der Waals surface area contributed by atoms with E-state index in [1.807, 2.05) is 6.20 Å². The average molecular weight is 824 g/mol. The van der Waals surface area contributed by atoms with Crippen LogP contribution in [0.1, 0.15) is 104 Å². The number of aromatic nitrogens is 2. The Bertz CT molecular complexity index is 3240. The van der Waals surface area contributed by atoms with Crippen molar-refractivity contribution in [1.29, 1.82) is 0 Å². The SMILES string of the molecule is Cc1cc(C2=N[C@]3(C)Cc4ccccc4[C@]3(C)N2c2c(C)cc(C)cc2C)cc(N2c3ccccc3C(C)(C)c3cc4c5ccccc5n(-c5cc(C(C)(C)C)ccn5)c4cc32)c1. The molecule has 0 amide bonds. The number of nitrogens with zero attached hydrogens (tertiary/aromatic N) is 5. The molecule has 8 aromatic rings. The van der Waals surface area contributed by atoms with Crippen molar-refractivity contribution in [3.05, 3.63) is 189 Å². The van der Waals surface area contributed by atoms with Crippen LogP contribution in [0.25, 0.3) is 27.6 Å². The Morgan fingerprint density at radius 2 is 1.29 bits per heavy atom. The van der Waals surface area contributed by atoms with Gasteiger partial charge in [0.2, 0.25) is 0 Å². The second-order valence-electron chi connectivity index (χ2n) is 20.6. The average Bonchev–Trinajstić information content (AvgIpc) is 3.77. The minimum absolute atomic E-state index is 0.0179. The molecule has 11 rings (SSSR count). The summed E-state index contributed by atoms with van der Waals surface area (Å²) in [5, 5.41) is 2.46. The smallest absolute Gasteiger partial charge is 0.137 e. The molecule has 0 spiro atoms.